The Morgan fingerprint density at radius 3 is 2.60 bits per heavy atom. The molecule has 0 saturated carbocycles. The van der Waals surface area contributed by atoms with Crippen LogP contribution < -0.4 is 10.9 Å². The molecule has 1 heterocycles. The molecule has 1 aromatic carbocycles. The molecule has 0 bridgehead atoms. The summed E-state index contributed by atoms with van der Waals surface area (Å²) in [4.78, 5) is 23.8. The van der Waals surface area contributed by atoms with Gasteiger partial charge in [-0.2, -0.15) is 8.78 Å². The third-order valence-corrected chi connectivity index (χ3v) is 3.47. The second kappa shape index (κ2) is 7.93. The van der Waals surface area contributed by atoms with Gasteiger partial charge in [0.05, 0.1) is 7.11 Å². The molecule has 0 aliphatic carbocycles. The Bertz CT molecular complexity index is 823. The van der Waals surface area contributed by atoms with Crippen LogP contribution in [-0.2, 0) is 16.1 Å². The van der Waals surface area contributed by atoms with E-state index in [1.165, 1.54) is 12.1 Å². The van der Waals surface area contributed by atoms with Crippen molar-refractivity contribution in [2.45, 2.75) is 19.1 Å². The SMILES string of the molecule is COC(=O)C(NCc1cccn(C(F)F)c1=O)c1ccc(F)cc1F. The number of carbonyl (C=O) groups excluding carboxylic acids is 1. The monoisotopic (exact) mass is 358 g/mol. The first-order valence-electron chi connectivity index (χ1n) is 7.09. The van der Waals surface area contributed by atoms with E-state index in [1.54, 1.807) is 0 Å². The highest BCUT2D eigenvalue weighted by molar-refractivity contribution is 5.77. The first kappa shape index (κ1) is 18.7. The van der Waals surface area contributed by atoms with Gasteiger partial charge in [0.1, 0.15) is 17.7 Å². The largest absolute Gasteiger partial charge is 0.468 e. The number of nitrogens with zero attached hydrogens (tertiary/aromatic N) is 1. The van der Waals surface area contributed by atoms with E-state index >= 15 is 0 Å². The second-order valence-corrected chi connectivity index (χ2v) is 5.03. The van der Waals surface area contributed by atoms with Crippen LogP contribution in [0.4, 0.5) is 17.6 Å². The fourth-order valence-electron chi connectivity index (χ4n) is 2.23. The van der Waals surface area contributed by atoms with Crippen LogP contribution in [0, 0.1) is 11.6 Å². The van der Waals surface area contributed by atoms with E-state index in [2.05, 4.69) is 10.1 Å². The molecule has 0 radical (unpaired) electrons. The third kappa shape index (κ3) is 4.24. The van der Waals surface area contributed by atoms with Gasteiger partial charge in [-0.1, -0.05) is 12.1 Å². The number of ether oxygens (including phenoxy) is 1. The number of rotatable bonds is 6. The van der Waals surface area contributed by atoms with Crippen molar-refractivity contribution in [2.75, 3.05) is 7.11 Å². The fraction of sp³-hybridized carbons (Fsp3) is 0.250. The summed E-state index contributed by atoms with van der Waals surface area (Å²) in [6.45, 7) is -3.32. The van der Waals surface area contributed by atoms with Crippen molar-refractivity contribution in [3.05, 3.63) is 69.6 Å². The number of carbonyl (C=O) groups is 1. The maximum absolute atomic E-state index is 13.9. The number of alkyl halides is 2. The van der Waals surface area contributed by atoms with Crippen LogP contribution in [0.5, 0.6) is 0 Å². The molecule has 1 atom stereocenters. The topological polar surface area (TPSA) is 60.3 Å². The van der Waals surface area contributed by atoms with Gasteiger partial charge < -0.3 is 4.74 Å². The molecule has 0 amide bonds. The van der Waals surface area contributed by atoms with Crippen molar-refractivity contribution in [3.8, 4) is 0 Å². The van der Waals surface area contributed by atoms with E-state index in [4.69, 9.17) is 0 Å². The van der Waals surface area contributed by atoms with E-state index in [-0.39, 0.29) is 22.2 Å². The van der Waals surface area contributed by atoms with Gasteiger partial charge in [0.15, 0.2) is 0 Å². The molecule has 5 nitrogen and oxygen atoms in total. The number of halogens is 4. The normalized spacial score (nSPS) is 12.2. The Morgan fingerprint density at radius 2 is 2.00 bits per heavy atom. The Labute approximate surface area is 139 Å². The average molecular weight is 358 g/mol. The molecule has 0 spiro atoms. The number of hydrogen-bond donors (Lipinski definition) is 1. The first-order chi connectivity index (χ1) is 11.8. The molecule has 0 saturated heterocycles. The number of hydrogen-bond acceptors (Lipinski definition) is 4. The van der Waals surface area contributed by atoms with E-state index in [0.717, 1.165) is 25.4 Å². The van der Waals surface area contributed by atoms with Gasteiger partial charge in [-0.25, -0.2) is 13.6 Å². The number of pyridine rings is 1. The van der Waals surface area contributed by atoms with E-state index in [0.29, 0.717) is 6.07 Å². The highest BCUT2D eigenvalue weighted by Gasteiger charge is 2.25. The summed E-state index contributed by atoms with van der Waals surface area (Å²) in [6.07, 6.45) is 0.925. The van der Waals surface area contributed by atoms with Crippen LogP contribution in [0.25, 0.3) is 0 Å². The molecule has 1 N–H and O–H groups in total. The fourth-order valence-corrected chi connectivity index (χ4v) is 2.23. The maximum Gasteiger partial charge on any atom is 0.327 e. The summed E-state index contributed by atoms with van der Waals surface area (Å²) >= 11 is 0. The summed E-state index contributed by atoms with van der Waals surface area (Å²) in [6, 6.07) is 3.81. The number of aromatic nitrogens is 1. The number of nitrogens with one attached hydrogen (secondary N) is 1. The molecule has 1 aromatic heterocycles. The molecular weight excluding hydrogens is 344 g/mol. The highest BCUT2D eigenvalue weighted by Crippen LogP contribution is 2.20. The number of benzene rings is 1. The Morgan fingerprint density at radius 1 is 1.28 bits per heavy atom. The third-order valence-electron chi connectivity index (χ3n) is 3.47. The molecule has 134 valence electrons. The van der Waals surface area contributed by atoms with Gasteiger partial charge in [-0.15, -0.1) is 0 Å². The second-order valence-electron chi connectivity index (χ2n) is 5.03. The zero-order chi connectivity index (χ0) is 18.6. The minimum atomic E-state index is -3.02. The van der Waals surface area contributed by atoms with Crippen molar-refractivity contribution in [2.24, 2.45) is 0 Å². The lowest BCUT2D eigenvalue weighted by Crippen LogP contribution is -2.33. The van der Waals surface area contributed by atoms with Gasteiger partial charge in [0.2, 0.25) is 0 Å². The van der Waals surface area contributed by atoms with Crippen LogP contribution in [0.15, 0.2) is 41.3 Å². The van der Waals surface area contributed by atoms with Crippen molar-refractivity contribution < 1.29 is 27.1 Å². The lowest BCUT2D eigenvalue weighted by atomic mass is 10.1. The molecule has 25 heavy (non-hydrogen) atoms. The standard InChI is InChI=1S/C16H14F4N2O3/c1-25-15(24)13(11-5-4-10(17)7-12(11)18)21-8-9-3-2-6-22(14(9)23)16(19)20/h2-7,13,16,21H,8H2,1H3. The minimum absolute atomic E-state index is 0.0563. The van der Waals surface area contributed by atoms with Crippen LogP contribution in [0.2, 0.25) is 0 Å². The molecule has 0 aliphatic rings. The van der Waals surface area contributed by atoms with Gasteiger partial charge in [-0.3, -0.25) is 14.7 Å². The Kier molecular flexibility index (Phi) is 5.92. The minimum Gasteiger partial charge on any atom is -0.468 e. The Balaban J connectivity index is 2.29. The van der Waals surface area contributed by atoms with Crippen molar-refractivity contribution >= 4 is 5.97 Å². The highest BCUT2D eigenvalue weighted by atomic mass is 19.3. The summed E-state index contributed by atoms with van der Waals surface area (Å²) in [5.74, 6) is -2.69. The predicted molar refractivity (Wildman–Crippen MR) is 79.9 cm³/mol. The zero-order valence-corrected chi connectivity index (χ0v) is 13.0. The molecule has 2 aromatic rings. The zero-order valence-electron chi connectivity index (χ0n) is 13.0. The number of esters is 1. The lowest BCUT2D eigenvalue weighted by Gasteiger charge is -2.18. The molecule has 1 unspecified atom stereocenters. The summed E-state index contributed by atoms with van der Waals surface area (Å²) in [5, 5.41) is 2.58. The summed E-state index contributed by atoms with van der Waals surface area (Å²) in [7, 11) is 1.07. The van der Waals surface area contributed by atoms with E-state index in [9.17, 15) is 27.2 Å². The van der Waals surface area contributed by atoms with E-state index in [1.807, 2.05) is 0 Å². The van der Waals surface area contributed by atoms with Crippen LogP contribution >= 0.6 is 0 Å². The molecule has 0 aliphatic heterocycles. The van der Waals surface area contributed by atoms with E-state index < -0.39 is 35.8 Å². The van der Waals surface area contributed by atoms with Gasteiger partial charge >= 0.3 is 12.5 Å². The Hall–Kier alpha value is -2.68. The van der Waals surface area contributed by atoms with Crippen molar-refractivity contribution in [1.29, 1.82) is 0 Å². The maximum atomic E-state index is 13.9. The van der Waals surface area contributed by atoms with Crippen LogP contribution in [-0.4, -0.2) is 17.6 Å². The molecule has 9 heteroatoms. The molecular formula is C16H14F4N2O3. The summed E-state index contributed by atoms with van der Waals surface area (Å²) < 4.78 is 57.2. The van der Waals surface area contributed by atoms with Crippen molar-refractivity contribution in [3.63, 3.8) is 0 Å². The predicted octanol–water partition coefficient (Wildman–Crippen LogP) is 2.53. The smallest absolute Gasteiger partial charge is 0.327 e. The van der Waals surface area contributed by atoms with Gasteiger partial charge in [0, 0.05) is 29.9 Å². The quantitative estimate of drug-likeness (QED) is 0.637. The first-order valence-corrected chi connectivity index (χ1v) is 7.09. The molecule has 2 rings (SSSR count). The number of methoxy groups -OCH3 is 1. The average Bonchev–Trinajstić information content (AvgIpc) is 2.57. The lowest BCUT2D eigenvalue weighted by molar-refractivity contribution is -0.143. The van der Waals surface area contributed by atoms with Gasteiger partial charge in [0.25, 0.3) is 5.56 Å². The van der Waals surface area contributed by atoms with Crippen LogP contribution in [0.3, 0.4) is 0 Å². The van der Waals surface area contributed by atoms with Crippen LogP contribution in [0.1, 0.15) is 23.7 Å². The van der Waals surface area contributed by atoms with Crippen molar-refractivity contribution in [1.82, 2.24) is 9.88 Å². The summed E-state index contributed by atoms with van der Waals surface area (Å²) in [5.41, 5.74) is -1.20. The van der Waals surface area contributed by atoms with Gasteiger partial charge in [-0.05, 0) is 12.1 Å². The molecule has 0 fully saturated rings.